The molecule has 0 heterocycles. The average molecular weight is 318 g/mol. The molecule has 0 amide bonds. The Morgan fingerprint density at radius 2 is 2.10 bits per heavy atom. The lowest BCUT2D eigenvalue weighted by Crippen LogP contribution is -2.22. The summed E-state index contributed by atoms with van der Waals surface area (Å²) in [5.74, 6) is 2.59. The van der Waals surface area contributed by atoms with Gasteiger partial charge in [-0.05, 0) is 24.5 Å². The van der Waals surface area contributed by atoms with Gasteiger partial charge in [0.25, 0.3) is 0 Å². The SMILES string of the molecule is COc1cc(Cl)cc(CNC(C)C)c1OCCCSC. The van der Waals surface area contributed by atoms with E-state index in [-0.39, 0.29) is 0 Å². The Morgan fingerprint density at radius 3 is 2.70 bits per heavy atom. The van der Waals surface area contributed by atoms with E-state index in [2.05, 4.69) is 25.4 Å². The highest BCUT2D eigenvalue weighted by Gasteiger charge is 2.13. The molecule has 0 spiro atoms. The Kier molecular flexibility index (Phi) is 8.19. The summed E-state index contributed by atoms with van der Waals surface area (Å²) in [7, 11) is 1.64. The summed E-state index contributed by atoms with van der Waals surface area (Å²) in [6.07, 6.45) is 3.12. The van der Waals surface area contributed by atoms with Crippen LogP contribution in [-0.4, -0.2) is 31.8 Å². The lowest BCUT2D eigenvalue weighted by atomic mass is 10.1. The van der Waals surface area contributed by atoms with E-state index in [0.29, 0.717) is 30.0 Å². The topological polar surface area (TPSA) is 30.5 Å². The lowest BCUT2D eigenvalue weighted by Gasteiger charge is -2.17. The van der Waals surface area contributed by atoms with Crippen molar-refractivity contribution in [3.05, 3.63) is 22.7 Å². The molecule has 0 aliphatic heterocycles. The molecule has 3 nitrogen and oxygen atoms in total. The number of thioether (sulfide) groups is 1. The van der Waals surface area contributed by atoms with Crippen LogP contribution in [0.2, 0.25) is 5.02 Å². The molecular formula is C15H24ClNO2S. The second-order valence-electron chi connectivity index (χ2n) is 4.83. The van der Waals surface area contributed by atoms with Gasteiger partial charge < -0.3 is 14.8 Å². The molecule has 0 bridgehead atoms. The molecule has 1 rings (SSSR count). The second-order valence-corrected chi connectivity index (χ2v) is 6.25. The number of benzene rings is 1. The molecule has 0 saturated carbocycles. The van der Waals surface area contributed by atoms with Crippen LogP contribution < -0.4 is 14.8 Å². The van der Waals surface area contributed by atoms with Gasteiger partial charge in [-0.2, -0.15) is 11.8 Å². The van der Waals surface area contributed by atoms with Crippen LogP contribution in [0.1, 0.15) is 25.8 Å². The van der Waals surface area contributed by atoms with Crippen molar-refractivity contribution < 1.29 is 9.47 Å². The Hall–Kier alpha value is -0.580. The van der Waals surface area contributed by atoms with Gasteiger partial charge in [0.05, 0.1) is 13.7 Å². The zero-order chi connectivity index (χ0) is 15.0. The van der Waals surface area contributed by atoms with Crippen LogP contribution >= 0.6 is 23.4 Å². The molecule has 0 fully saturated rings. The van der Waals surface area contributed by atoms with Gasteiger partial charge in [0.15, 0.2) is 11.5 Å². The van der Waals surface area contributed by atoms with Crippen molar-refractivity contribution in [2.24, 2.45) is 0 Å². The third-order valence-corrected chi connectivity index (χ3v) is 3.67. The number of ether oxygens (including phenoxy) is 2. The van der Waals surface area contributed by atoms with Crippen LogP contribution in [-0.2, 0) is 6.54 Å². The fraction of sp³-hybridized carbons (Fsp3) is 0.600. The number of halogens is 1. The van der Waals surface area contributed by atoms with Gasteiger partial charge in [-0.15, -0.1) is 0 Å². The molecule has 20 heavy (non-hydrogen) atoms. The van der Waals surface area contributed by atoms with Crippen molar-refractivity contribution >= 4 is 23.4 Å². The van der Waals surface area contributed by atoms with E-state index in [0.717, 1.165) is 23.5 Å². The molecule has 1 N–H and O–H groups in total. The van der Waals surface area contributed by atoms with Crippen molar-refractivity contribution in [2.75, 3.05) is 25.7 Å². The van der Waals surface area contributed by atoms with Crippen LogP contribution in [0, 0.1) is 0 Å². The van der Waals surface area contributed by atoms with E-state index in [4.69, 9.17) is 21.1 Å². The minimum atomic E-state index is 0.407. The van der Waals surface area contributed by atoms with Gasteiger partial charge in [0.1, 0.15) is 0 Å². The van der Waals surface area contributed by atoms with Gasteiger partial charge in [0.2, 0.25) is 0 Å². The maximum atomic E-state index is 6.13. The third-order valence-electron chi connectivity index (χ3n) is 2.76. The van der Waals surface area contributed by atoms with Gasteiger partial charge in [-0.1, -0.05) is 25.4 Å². The molecule has 5 heteroatoms. The maximum absolute atomic E-state index is 6.13. The van der Waals surface area contributed by atoms with Crippen LogP contribution in [0.15, 0.2) is 12.1 Å². The minimum Gasteiger partial charge on any atom is -0.493 e. The normalized spacial score (nSPS) is 10.9. The standard InChI is InChI=1S/C15H24ClNO2S/c1-11(2)17-10-12-8-13(16)9-14(18-3)15(12)19-6-5-7-20-4/h8-9,11,17H,5-7,10H2,1-4H3. The van der Waals surface area contributed by atoms with Crippen molar-refractivity contribution in [1.29, 1.82) is 0 Å². The Balaban J connectivity index is 2.84. The Labute approximate surface area is 131 Å². The summed E-state index contributed by atoms with van der Waals surface area (Å²) < 4.78 is 11.3. The smallest absolute Gasteiger partial charge is 0.165 e. The lowest BCUT2D eigenvalue weighted by molar-refractivity contribution is 0.291. The molecular weight excluding hydrogens is 294 g/mol. The number of methoxy groups -OCH3 is 1. The molecule has 1 aromatic rings. The van der Waals surface area contributed by atoms with E-state index in [1.807, 2.05) is 17.8 Å². The molecule has 0 aromatic heterocycles. The molecule has 0 radical (unpaired) electrons. The Bertz CT molecular complexity index is 413. The zero-order valence-electron chi connectivity index (χ0n) is 12.7. The summed E-state index contributed by atoms with van der Waals surface area (Å²) >= 11 is 7.96. The highest BCUT2D eigenvalue weighted by molar-refractivity contribution is 7.98. The van der Waals surface area contributed by atoms with Crippen molar-refractivity contribution in [3.63, 3.8) is 0 Å². The number of rotatable bonds is 9. The van der Waals surface area contributed by atoms with Crippen molar-refractivity contribution in [1.82, 2.24) is 5.32 Å². The van der Waals surface area contributed by atoms with E-state index >= 15 is 0 Å². The minimum absolute atomic E-state index is 0.407. The molecule has 114 valence electrons. The first-order valence-electron chi connectivity index (χ1n) is 6.80. The number of nitrogens with one attached hydrogen (secondary N) is 1. The van der Waals surface area contributed by atoms with Crippen LogP contribution in [0.25, 0.3) is 0 Å². The molecule has 0 unspecified atom stereocenters. The summed E-state index contributed by atoms with van der Waals surface area (Å²) in [6.45, 7) is 5.63. The quantitative estimate of drug-likeness (QED) is 0.698. The van der Waals surface area contributed by atoms with Gasteiger partial charge in [-0.3, -0.25) is 0 Å². The number of hydrogen-bond donors (Lipinski definition) is 1. The summed E-state index contributed by atoms with van der Waals surface area (Å²) in [5.41, 5.74) is 1.03. The first-order valence-corrected chi connectivity index (χ1v) is 8.57. The monoisotopic (exact) mass is 317 g/mol. The molecule has 0 atom stereocenters. The largest absolute Gasteiger partial charge is 0.493 e. The van der Waals surface area contributed by atoms with Crippen LogP contribution in [0.4, 0.5) is 0 Å². The van der Waals surface area contributed by atoms with Crippen molar-refractivity contribution in [3.8, 4) is 11.5 Å². The molecule has 1 aromatic carbocycles. The predicted molar refractivity (Wildman–Crippen MR) is 88.5 cm³/mol. The van der Waals surface area contributed by atoms with Crippen molar-refractivity contribution in [2.45, 2.75) is 32.9 Å². The van der Waals surface area contributed by atoms with Crippen LogP contribution in [0.3, 0.4) is 0 Å². The average Bonchev–Trinajstić information content (AvgIpc) is 2.42. The predicted octanol–water partition coefficient (Wildman–Crippen LogP) is 3.98. The second kappa shape index (κ2) is 9.37. The Morgan fingerprint density at radius 1 is 1.35 bits per heavy atom. The summed E-state index contributed by atoms with van der Waals surface area (Å²) in [6, 6.07) is 4.14. The first-order chi connectivity index (χ1) is 9.58. The fourth-order valence-corrected chi connectivity index (χ4v) is 2.40. The summed E-state index contributed by atoms with van der Waals surface area (Å²) in [4.78, 5) is 0. The number of hydrogen-bond acceptors (Lipinski definition) is 4. The van der Waals surface area contributed by atoms with E-state index < -0.39 is 0 Å². The van der Waals surface area contributed by atoms with E-state index in [9.17, 15) is 0 Å². The first kappa shape index (κ1) is 17.5. The third kappa shape index (κ3) is 5.81. The molecule has 0 aliphatic rings. The van der Waals surface area contributed by atoms with Gasteiger partial charge in [-0.25, -0.2) is 0 Å². The van der Waals surface area contributed by atoms with Gasteiger partial charge in [0, 0.05) is 29.2 Å². The maximum Gasteiger partial charge on any atom is 0.165 e. The van der Waals surface area contributed by atoms with E-state index in [1.54, 1.807) is 13.2 Å². The molecule has 0 aliphatic carbocycles. The highest BCUT2D eigenvalue weighted by Crippen LogP contribution is 2.35. The van der Waals surface area contributed by atoms with Gasteiger partial charge >= 0.3 is 0 Å². The summed E-state index contributed by atoms with van der Waals surface area (Å²) in [5, 5.41) is 4.05. The fourth-order valence-electron chi connectivity index (χ4n) is 1.76. The van der Waals surface area contributed by atoms with E-state index in [1.165, 1.54) is 0 Å². The molecule has 0 saturated heterocycles. The van der Waals surface area contributed by atoms with Crippen LogP contribution in [0.5, 0.6) is 11.5 Å². The highest BCUT2D eigenvalue weighted by atomic mass is 35.5. The zero-order valence-corrected chi connectivity index (χ0v) is 14.2.